The number of anilines is 1. The third-order valence-corrected chi connectivity index (χ3v) is 2.51. The standard InChI is InChI=1S/C12H18FN/c1-9(12(2,3)4)14-11-7-5-6-10(13)8-11/h5-9,14H,1-4H3. The van der Waals surface area contributed by atoms with E-state index in [1.54, 1.807) is 6.07 Å². The third-order valence-electron chi connectivity index (χ3n) is 2.51. The first-order valence-electron chi connectivity index (χ1n) is 4.92. The lowest BCUT2D eigenvalue weighted by Crippen LogP contribution is -2.30. The lowest BCUT2D eigenvalue weighted by molar-refractivity contribution is 0.359. The molecule has 1 aromatic rings. The van der Waals surface area contributed by atoms with Crippen LogP contribution in [0.4, 0.5) is 10.1 Å². The second-order valence-corrected chi connectivity index (χ2v) is 4.74. The van der Waals surface area contributed by atoms with Crippen LogP contribution in [0.5, 0.6) is 0 Å². The van der Waals surface area contributed by atoms with Crippen molar-refractivity contribution in [3.63, 3.8) is 0 Å². The van der Waals surface area contributed by atoms with Crippen LogP contribution in [0, 0.1) is 11.2 Å². The maximum absolute atomic E-state index is 12.9. The molecule has 0 radical (unpaired) electrons. The first kappa shape index (κ1) is 11.0. The molecule has 0 fully saturated rings. The van der Waals surface area contributed by atoms with E-state index in [9.17, 15) is 4.39 Å². The molecule has 1 N–H and O–H groups in total. The zero-order valence-corrected chi connectivity index (χ0v) is 9.26. The Bertz CT molecular complexity index is 301. The highest BCUT2D eigenvalue weighted by Gasteiger charge is 2.19. The molecule has 1 aromatic carbocycles. The molecule has 0 heterocycles. The first-order valence-corrected chi connectivity index (χ1v) is 4.92. The van der Waals surface area contributed by atoms with Crippen LogP contribution < -0.4 is 5.32 Å². The number of hydrogen-bond donors (Lipinski definition) is 1. The van der Waals surface area contributed by atoms with Crippen molar-refractivity contribution in [1.82, 2.24) is 0 Å². The predicted molar refractivity (Wildman–Crippen MR) is 58.9 cm³/mol. The minimum Gasteiger partial charge on any atom is -0.382 e. The maximum Gasteiger partial charge on any atom is 0.125 e. The fourth-order valence-corrected chi connectivity index (χ4v) is 1.04. The summed E-state index contributed by atoms with van der Waals surface area (Å²) in [5.41, 5.74) is 1.01. The third kappa shape index (κ3) is 3.02. The van der Waals surface area contributed by atoms with Gasteiger partial charge in [-0.25, -0.2) is 4.39 Å². The molecule has 0 aromatic heterocycles. The highest BCUT2D eigenvalue weighted by Crippen LogP contribution is 2.22. The van der Waals surface area contributed by atoms with E-state index in [1.807, 2.05) is 6.07 Å². The van der Waals surface area contributed by atoms with Crippen LogP contribution in [0.15, 0.2) is 24.3 Å². The fraction of sp³-hybridized carbons (Fsp3) is 0.500. The van der Waals surface area contributed by atoms with Crippen LogP contribution >= 0.6 is 0 Å². The van der Waals surface area contributed by atoms with Crippen LogP contribution in [0.3, 0.4) is 0 Å². The Hall–Kier alpha value is -1.05. The number of nitrogens with one attached hydrogen (secondary N) is 1. The molecule has 2 heteroatoms. The summed E-state index contributed by atoms with van der Waals surface area (Å²) in [7, 11) is 0. The van der Waals surface area contributed by atoms with Gasteiger partial charge in [-0.2, -0.15) is 0 Å². The van der Waals surface area contributed by atoms with E-state index < -0.39 is 0 Å². The van der Waals surface area contributed by atoms with Gasteiger partial charge in [0, 0.05) is 11.7 Å². The van der Waals surface area contributed by atoms with Gasteiger partial charge in [0.05, 0.1) is 0 Å². The number of rotatable bonds is 2. The number of halogens is 1. The second kappa shape index (κ2) is 3.99. The van der Waals surface area contributed by atoms with Gasteiger partial charge in [-0.05, 0) is 30.5 Å². The van der Waals surface area contributed by atoms with Crippen LogP contribution in [-0.4, -0.2) is 6.04 Å². The Kier molecular flexibility index (Phi) is 3.14. The van der Waals surface area contributed by atoms with Gasteiger partial charge in [-0.15, -0.1) is 0 Å². The van der Waals surface area contributed by atoms with Crippen molar-refractivity contribution in [3.8, 4) is 0 Å². The highest BCUT2D eigenvalue weighted by atomic mass is 19.1. The van der Waals surface area contributed by atoms with Crippen LogP contribution in [0.2, 0.25) is 0 Å². The zero-order valence-electron chi connectivity index (χ0n) is 9.26. The number of hydrogen-bond acceptors (Lipinski definition) is 1. The Balaban J connectivity index is 2.70. The van der Waals surface area contributed by atoms with E-state index in [0.717, 1.165) is 5.69 Å². The molecule has 0 saturated carbocycles. The van der Waals surface area contributed by atoms with Gasteiger partial charge in [-0.1, -0.05) is 26.8 Å². The SMILES string of the molecule is CC(Nc1cccc(F)c1)C(C)(C)C. The average Bonchev–Trinajstić information content (AvgIpc) is 2.02. The predicted octanol–water partition coefficient (Wildman–Crippen LogP) is 3.67. The van der Waals surface area contributed by atoms with Crippen molar-refractivity contribution in [2.24, 2.45) is 5.41 Å². The highest BCUT2D eigenvalue weighted by molar-refractivity contribution is 5.44. The topological polar surface area (TPSA) is 12.0 Å². The first-order chi connectivity index (χ1) is 6.39. The summed E-state index contributed by atoms with van der Waals surface area (Å²) in [5.74, 6) is -0.198. The molecule has 0 aliphatic heterocycles. The molecule has 1 unspecified atom stereocenters. The van der Waals surface area contributed by atoms with Crippen molar-refractivity contribution in [1.29, 1.82) is 0 Å². The molecule has 78 valence electrons. The lowest BCUT2D eigenvalue weighted by atomic mass is 9.88. The van der Waals surface area contributed by atoms with Crippen molar-refractivity contribution in [3.05, 3.63) is 30.1 Å². The number of benzene rings is 1. The molecule has 0 aliphatic carbocycles. The minimum atomic E-state index is -0.198. The van der Waals surface area contributed by atoms with E-state index in [-0.39, 0.29) is 11.2 Å². The van der Waals surface area contributed by atoms with Gasteiger partial charge in [0.25, 0.3) is 0 Å². The molecule has 1 nitrogen and oxygen atoms in total. The van der Waals surface area contributed by atoms with Crippen molar-refractivity contribution < 1.29 is 4.39 Å². The molecule has 1 rings (SSSR count). The summed E-state index contributed by atoms with van der Waals surface area (Å²) in [6.07, 6.45) is 0. The fourth-order valence-electron chi connectivity index (χ4n) is 1.04. The Morgan fingerprint density at radius 3 is 2.43 bits per heavy atom. The Labute approximate surface area is 85.3 Å². The van der Waals surface area contributed by atoms with E-state index in [2.05, 4.69) is 33.0 Å². The van der Waals surface area contributed by atoms with Crippen molar-refractivity contribution >= 4 is 5.69 Å². The van der Waals surface area contributed by atoms with E-state index in [0.29, 0.717) is 6.04 Å². The summed E-state index contributed by atoms with van der Waals surface area (Å²) in [6.45, 7) is 8.57. The van der Waals surface area contributed by atoms with E-state index >= 15 is 0 Å². The lowest BCUT2D eigenvalue weighted by Gasteiger charge is -2.29. The second-order valence-electron chi connectivity index (χ2n) is 4.74. The molecule has 0 bridgehead atoms. The Morgan fingerprint density at radius 2 is 1.93 bits per heavy atom. The van der Waals surface area contributed by atoms with Gasteiger partial charge >= 0.3 is 0 Å². The smallest absolute Gasteiger partial charge is 0.125 e. The average molecular weight is 195 g/mol. The van der Waals surface area contributed by atoms with Gasteiger partial charge in [0.1, 0.15) is 5.82 Å². The molecule has 0 saturated heterocycles. The van der Waals surface area contributed by atoms with E-state index in [4.69, 9.17) is 0 Å². The summed E-state index contributed by atoms with van der Waals surface area (Å²) in [4.78, 5) is 0. The zero-order chi connectivity index (χ0) is 10.8. The molecule has 0 amide bonds. The summed E-state index contributed by atoms with van der Waals surface area (Å²) in [5, 5.41) is 3.28. The van der Waals surface area contributed by atoms with Gasteiger partial charge < -0.3 is 5.32 Å². The van der Waals surface area contributed by atoms with Gasteiger partial charge in [0.15, 0.2) is 0 Å². The molecule has 0 spiro atoms. The van der Waals surface area contributed by atoms with Gasteiger partial charge in [0.2, 0.25) is 0 Å². The molecule has 14 heavy (non-hydrogen) atoms. The summed E-state index contributed by atoms with van der Waals surface area (Å²) in [6, 6.07) is 6.87. The minimum absolute atomic E-state index is 0.173. The Morgan fingerprint density at radius 1 is 1.29 bits per heavy atom. The largest absolute Gasteiger partial charge is 0.382 e. The normalized spacial score (nSPS) is 13.8. The van der Waals surface area contributed by atoms with Crippen LogP contribution in [-0.2, 0) is 0 Å². The monoisotopic (exact) mass is 195 g/mol. The molecular formula is C12H18FN. The van der Waals surface area contributed by atoms with Gasteiger partial charge in [-0.3, -0.25) is 0 Å². The summed E-state index contributed by atoms with van der Waals surface area (Å²) < 4.78 is 12.9. The quantitative estimate of drug-likeness (QED) is 0.759. The van der Waals surface area contributed by atoms with Crippen molar-refractivity contribution in [2.45, 2.75) is 33.7 Å². The summed E-state index contributed by atoms with van der Waals surface area (Å²) >= 11 is 0. The maximum atomic E-state index is 12.9. The van der Waals surface area contributed by atoms with Crippen LogP contribution in [0.1, 0.15) is 27.7 Å². The van der Waals surface area contributed by atoms with Crippen LogP contribution in [0.25, 0.3) is 0 Å². The molecule has 1 atom stereocenters. The van der Waals surface area contributed by atoms with E-state index in [1.165, 1.54) is 12.1 Å². The van der Waals surface area contributed by atoms with Crippen molar-refractivity contribution in [2.75, 3.05) is 5.32 Å². The molecule has 0 aliphatic rings. The molecular weight excluding hydrogens is 177 g/mol.